The fourth-order valence-electron chi connectivity index (χ4n) is 3.26. The molecule has 0 aliphatic carbocycles. The van der Waals surface area contributed by atoms with E-state index in [1.807, 2.05) is 6.92 Å². The molecule has 8 heteroatoms. The quantitative estimate of drug-likeness (QED) is 0.584. The van der Waals surface area contributed by atoms with Crippen molar-refractivity contribution < 1.29 is 18.3 Å². The van der Waals surface area contributed by atoms with Crippen molar-refractivity contribution in [3.63, 3.8) is 0 Å². The molecule has 1 aliphatic heterocycles. The van der Waals surface area contributed by atoms with Gasteiger partial charge in [-0.25, -0.2) is 13.1 Å². The smallest absolute Gasteiger partial charge is 0.243 e. The zero-order chi connectivity index (χ0) is 21.3. The van der Waals surface area contributed by atoms with Crippen molar-refractivity contribution in [2.45, 2.75) is 30.4 Å². The lowest BCUT2D eigenvalue weighted by molar-refractivity contribution is 0.0985. The second-order valence-electron chi connectivity index (χ2n) is 6.85. The minimum atomic E-state index is -3.99. The first-order valence-corrected chi connectivity index (χ1v) is 10.2. The van der Waals surface area contributed by atoms with E-state index in [9.17, 15) is 23.6 Å². The molecule has 0 spiro atoms. The molecule has 1 unspecified atom stereocenters. The molecule has 3 rings (SSSR count). The van der Waals surface area contributed by atoms with Crippen LogP contribution in [-0.2, 0) is 23.5 Å². The Morgan fingerprint density at radius 3 is 2.83 bits per heavy atom. The van der Waals surface area contributed by atoms with Gasteiger partial charge in [-0.2, -0.15) is 5.26 Å². The number of carbonyl (C=O) groups is 1. The molecule has 2 atom stereocenters. The molecule has 0 saturated carbocycles. The Bertz CT molecular complexity index is 1210. The minimum Gasteiger partial charge on any atom is -0.378 e. The summed E-state index contributed by atoms with van der Waals surface area (Å²) >= 11 is 0. The van der Waals surface area contributed by atoms with Gasteiger partial charge < -0.3 is 9.67 Å². The topological polar surface area (TPSA) is 112 Å². The number of nitriles is 1. The molecule has 29 heavy (non-hydrogen) atoms. The number of nitrogens with zero attached hydrogens (tertiary/aromatic N) is 2. The van der Waals surface area contributed by atoms with Gasteiger partial charge in [0.2, 0.25) is 10.0 Å². The van der Waals surface area contributed by atoms with Crippen molar-refractivity contribution in [3.05, 3.63) is 58.4 Å². The number of Topliss-reactive ketones (excluding diaryl/α,β-unsaturated/α-hetero) is 1. The number of aromatic nitrogens is 1. The van der Waals surface area contributed by atoms with Crippen molar-refractivity contribution >= 4 is 21.9 Å². The third-order valence-corrected chi connectivity index (χ3v) is 6.28. The molecule has 1 aromatic heterocycles. The Morgan fingerprint density at radius 2 is 2.17 bits per heavy atom. The zero-order valence-electron chi connectivity index (χ0n) is 15.9. The van der Waals surface area contributed by atoms with Gasteiger partial charge in [0.05, 0.1) is 23.4 Å². The maximum atomic E-state index is 13.0. The highest BCUT2D eigenvalue weighted by Gasteiger charge is 2.32. The molecule has 148 valence electrons. The average molecular weight is 409 g/mol. The van der Waals surface area contributed by atoms with Crippen molar-refractivity contribution in [3.8, 4) is 18.4 Å². The molecule has 2 aromatic rings. The summed E-state index contributed by atoms with van der Waals surface area (Å²) in [6, 6.07) is 6.28. The van der Waals surface area contributed by atoms with Crippen LogP contribution >= 0.6 is 0 Å². The number of hydrogen-bond donors (Lipinski definition) is 2. The minimum absolute atomic E-state index is 0.0109. The Hall–Kier alpha value is -3.17. The lowest BCUT2D eigenvalue weighted by atomic mass is 10.00. The number of fused-ring (bicyclic) bond motifs is 1. The molecule has 0 amide bonds. The molecule has 1 aliphatic rings. The standard InChI is InChI=1S/C21H19N3O4S/c1-4-18(25)17-8-7-16-20(29(27,28)23-17)12-24(3)21(16)19(26)10-14-6-5-13(2)15(9-14)11-22/h1,5-9,12,17-18,23,25H,10H2,2-3H3/t17-,18?/m0/s1. The van der Waals surface area contributed by atoms with E-state index in [2.05, 4.69) is 16.7 Å². The molecular weight excluding hydrogens is 390 g/mol. The number of carbonyl (C=O) groups excluding carboxylic acids is 1. The number of benzene rings is 1. The second-order valence-corrected chi connectivity index (χ2v) is 8.53. The summed E-state index contributed by atoms with van der Waals surface area (Å²) in [6.45, 7) is 1.81. The Morgan fingerprint density at radius 1 is 1.45 bits per heavy atom. The summed E-state index contributed by atoms with van der Waals surface area (Å²) in [4.78, 5) is 13.0. The van der Waals surface area contributed by atoms with Crippen LogP contribution < -0.4 is 4.72 Å². The Balaban J connectivity index is 2.03. The van der Waals surface area contributed by atoms with Crippen LogP contribution in [-0.4, -0.2) is 36.0 Å². The van der Waals surface area contributed by atoms with Crippen LogP contribution in [0.1, 0.15) is 32.7 Å². The highest BCUT2D eigenvalue weighted by molar-refractivity contribution is 7.89. The van der Waals surface area contributed by atoms with E-state index in [1.165, 1.54) is 22.9 Å². The summed E-state index contributed by atoms with van der Waals surface area (Å²) in [7, 11) is -2.40. The zero-order valence-corrected chi connectivity index (χ0v) is 16.7. The van der Waals surface area contributed by atoms with Crippen molar-refractivity contribution in [1.82, 2.24) is 9.29 Å². The van der Waals surface area contributed by atoms with Gasteiger partial charge >= 0.3 is 0 Å². The molecule has 1 aromatic carbocycles. The maximum absolute atomic E-state index is 13.0. The summed E-state index contributed by atoms with van der Waals surface area (Å²) in [5, 5.41) is 19.0. The van der Waals surface area contributed by atoms with Crippen LogP contribution in [0.5, 0.6) is 0 Å². The van der Waals surface area contributed by atoms with Crippen LogP contribution in [0.3, 0.4) is 0 Å². The number of aliphatic hydroxyl groups excluding tert-OH is 1. The van der Waals surface area contributed by atoms with Crippen LogP contribution in [0.4, 0.5) is 0 Å². The summed E-state index contributed by atoms with van der Waals surface area (Å²) < 4.78 is 29.2. The van der Waals surface area contributed by atoms with E-state index in [4.69, 9.17) is 6.42 Å². The van der Waals surface area contributed by atoms with Crippen molar-refractivity contribution in [2.24, 2.45) is 7.05 Å². The predicted octanol–water partition coefficient (Wildman–Crippen LogP) is 1.30. The molecule has 0 fully saturated rings. The number of hydrogen-bond acceptors (Lipinski definition) is 5. The molecule has 0 radical (unpaired) electrons. The first-order chi connectivity index (χ1) is 13.7. The van der Waals surface area contributed by atoms with Crippen molar-refractivity contribution in [2.75, 3.05) is 0 Å². The fraction of sp³-hybridized carbons (Fsp3) is 0.238. The van der Waals surface area contributed by atoms with E-state index < -0.39 is 22.2 Å². The van der Waals surface area contributed by atoms with Gasteiger partial charge in [-0.15, -0.1) is 6.42 Å². The van der Waals surface area contributed by atoms with Crippen LogP contribution in [0, 0.1) is 30.6 Å². The van der Waals surface area contributed by atoms with Crippen LogP contribution in [0.25, 0.3) is 6.08 Å². The Kier molecular flexibility index (Phi) is 5.45. The van der Waals surface area contributed by atoms with E-state index >= 15 is 0 Å². The number of aliphatic hydroxyl groups is 1. The summed E-state index contributed by atoms with van der Waals surface area (Å²) in [5.74, 6) is 1.80. The number of terminal acetylenes is 1. The highest BCUT2D eigenvalue weighted by atomic mass is 32.2. The molecule has 0 bridgehead atoms. The fourth-order valence-corrected chi connectivity index (χ4v) is 4.71. The third-order valence-electron chi connectivity index (χ3n) is 4.80. The van der Waals surface area contributed by atoms with E-state index in [-0.39, 0.29) is 28.4 Å². The molecule has 0 saturated heterocycles. The average Bonchev–Trinajstić information content (AvgIpc) is 2.96. The maximum Gasteiger partial charge on any atom is 0.243 e. The predicted molar refractivity (Wildman–Crippen MR) is 107 cm³/mol. The van der Waals surface area contributed by atoms with Gasteiger partial charge in [0, 0.05) is 25.2 Å². The highest BCUT2D eigenvalue weighted by Crippen LogP contribution is 2.28. The van der Waals surface area contributed by atoms with Gasteiger partial charge in [0.25, 0.3) is 0 Å². The number of rotatable bonds is 4. The number of nitrogens with one attached hydrogen (secondary N) is 1. The first kappa shape index (κ1) is 20.6. The normalized spacial score (nSPS) is 18.2. The first-order valence-electron chi connectivity index (χ1n) is 8.75. The van der Waals surface area contributed by atoms with Crippen LogP contribution in [0.15, 0.2) is 35.4 Å². The Labute approximate surface area is 169 Å². The van der Waals surface area contributed by atoms with Gasteiger partial charge in [-0.05, 0) is 24.1 Å². The van der Waals surface area contributed by atoms with Gasteiger partial charge in [-0.1, -0.05) is 30.2 Å². The molecule has 2 N–H and O–H groups in total. The lowest BCUT2D eigenvalue weighted by Crippen LogP contribution is -2.40. The number of sulfonamides is 1. The van der Waals surface area contributed by atoms with E-state index in [0.29, 0.717) is 11.1 Å². The van der Waals surface area contributed by atoms with Gasteiger partial charge in [0.1, 0.15) is 11.0 Å². The molecule has 7 nitrogen and oxygen atoms in total. The van der Waals surface area contributed by atoms with Crippen molar-refractivity contribution in [1.29, 1.82) is 5.26 Å². The van der Waals surface area contributed by atoms with E-state index in [0.717, 1.165) is 5.56 Å². The monoisotopic (exact) mass is 409 g/mol. The summed E-state index contributed by atoms with van der Waals surface area (Å²) in [6.07, 6.45) is 8.15. The lowest BCUT2D eigenvalue weighted by Gasteiger charge is -2.15. The van der Waals surface area contributed by atoms with E-state index in [1.54, 1.807) is 25.2 Å². The van der Waals surface area contributed by atoms with Gasteiger partial charge in [0.15, 0.2) is 5.78 Å². The van der Waals surface area contributed by atoms with Crippen LogP contribution in [0.2, 0.25) is 0 Å². The summed E-state index contributed by atoms with van der Waals surface area (Å²) in [5.41, 5.74) is 2.42. The molecule has 2 heterocycles. The molecular formula is C21H19N3O4S. The number of ketones is 1. The van der Waals surface area contributed by atoms with Gasteiger partial charge in [-0.3, -0.25) is 4.79 Å². The SMILES string of the molecule is C#CC(O)[C@@H]1C=Cc2c(cn(C)c2C(=O)Cc2ccc(C)c(C#N)c2)S(=O)(=O)N1. The largest absolute Gasteiger partial charge is 0.378 e. The number of aryl methyl sites for hydroxylation is 2. The second kappa shape index (κ2) is 7.69. The third kappa shape index (κ3) is 3.87.